The van der Waals surface area contributed by atoms with Crippen molar-refractivity contribution in [3.63, 3.8) is 0 Å². The molecule has 0 heterocycles. The Labute approximate surface area is 412 Å². The molecule has 0 aliphatic carbocycles. The third-order valence-electron chi connectivity index (χ3n) is 13.8. The van der Waals surface area contributed by atoms with Gasteiger partial charge in [0.25, 0.3) is 0 Å². The van der Waals surface area contributed by atoms with E-state index in [4.69, 9.17) is 14.2 Å². The van der Waals surface area contributed by atoms with Crippen LogP contribution in [0, 0.1) is 5.92 Å². The molecule has 1 atom stereocenters. The molecule has 0 aromatic carbocycles. The van der Waals surface area contributed by atoms with Crippen molar-refractivity contribution >= 4 is 17.9 Å². The Hall–Kier alpha value is -1.59. The molecule has 0 bridgehead atoms. The molecule has 0 aliphatic heterocycles. The monoisotopic (exact) mass is 933 g/mol. The normalized spacial score (nSPS) is 12.0. The summed E-state index contributed by atoms with van der Waals surface area (Å²) in [6, 6.07) is 0. The van der Waals surface area contributed by atoms with Crippen molar-refractivity contribution in [3.05, 3.63) is 0 Å². The minimum absolute atomic E-state index is 0.0619. The Morgan fingerprint density at radius 2 is 0.500 bits per heavy atom. The number of unbranched alkanes of at least 4 members (excludes halogenated alkanes) is 42. The minimum Gasteiger partial charge on any atom is -0.462 e. The first-order chi connectivity index (χ1) is 32.4. The van der Waals surface area contributed by atoms with Gasteiger partial charge in [-0.25, -0.2) is 0 Å². The maximum absolute atomic E-state index is 12.9. The van der Waals surface area contributed by atoms with E-state index in [0.29, 0.717) is 19.3 Å². The van der Waals surface area contributed by atoms with Crippen molar-refractivity contribution in [3.8, 4) is 0 Å². The summed E-state index contributed by atoms with van der Waals surface area (Å²) in [7, 11) is 0. The van der Waals surface area contributed by atoms with E-state index in [0.717, 1.165) is 63.7 Å². The summed E-state index contributed by atoms with van der Waals surface area (Å²) in [6.45, 7) is 9.05. The predicted molar refractivity (Wildman–Crippen MR) is 284 cm³/mol. The van der Waals surface area contributed by atoms with E-state index in [1.165, 1.54) is 238 Å². The van der Waals surface area contributed by atoms with E-state index in [-0.39, 0.29) is 31.1 Å². The van der Waals surface area contributed by atoms with Gasteiger partial charge in [0, 0.05) is 19.3 Å². The first-order valence-corrected chi connectivity index (χ1v) is 29.9. The molecule has 0 aliphatic rings. The topological polar surface area (TPSA) is 78.9 Å². The maximum atomic E-state index is 12.9. The van der Waals surface area contributed by atoms with Crippen LogP contribution in [0.5, 0.6) is 0 Å². The van der Waals surface area contributed by atoms with Crippen molar-refractivity contribution < 1.29 is 28.6 Å². The van der Waals surface area contributed by atoms with E-state index in [9.17, 15) is 14.4 Å². The summed E-state index contributed by atoms with van der Waals surface area (Å²) in [5, 5.41) is 0. The zero-order chi connectivity index (χ0) is 48.1. The molecule has 6 heteroatoms. The number of ether oxygens (including phenoxy) is 3. The van der Waals surface area contributed by atoms with E-state index < -0.39 is 6.10 Å². The Kier molecular flexibility index (Phi) is 53.0. The van der Waals surface area contributed by atoms with Gasteiger partial charge in [-0.15, -0.1) is 0 Å². The highest BCUT2D eigenvalue weighted by Crippen LogP contribution is 2.18. The van der Waals surface area contributed by atoms with Crippen LogP contribution < -0.4 is 0 Å². The van der Waals surface area contributed by atoms with Gasteiger partial charge in [0.05, 0.1) is 0 Å². The van der Waals surface area contributed by atoms with Crippen LogP contribution >= 0.6 is 0 Å². The molecule has 0 unspecified atom stereocenters. The lowest BCUT2D eigenvalue weighted by Crippen LogP contribution is -2.30. The van der Waals surface area contributed by atoms with Crippen LogP contribution in [0.4, 0.5) is 0 Å². The summed E-state index contributed by atoms with van der Waals surface area (Å²) in [5.41, 5.74) is 0. The molecule has 0 N–H and O–H groups in total. The smallest absolute Gasteiger partial charge is 0.306 e. The quantitative estimate of drug-likeness (QED) is 0.0343. The average molecular weight is 934 g/mol. The second kappa shape index (κ2) is 54.4. The number of carbonyl (C=O) groups excluding carboxylic acids is 3. The third kappa shape index (κ3) is 53.4. The van der Waals surface area contributed by atoms with Crippen molar-refractivity contribution in [1.82, 2.24) is 0 Å². The van der Waals surface area contributed by atoms with Crippen molar-refractivity contribution in [1.29, 1.82) is 0 Å². The van der Waals surface area contributed by atoms with E-state index in [1.807, 2.05) is 0 Å². The maximum Gasteiger partial charge on any atom is 0.306 e. The highest BCUT2D eigenvalue weighted by molar-refractivity contribution is 5.71. The molecule has 0 saturated heterocycles. The van der Waals surface area contributed by atoms with Gasteiger partial charge in [-0.1, -0.05) is 304 Å². The van der Waals surface area contributed by atoms with Crippen LogP contribution in [0.25, 0.3) is 0 Å². The fourth-order valence-corrected chi connectivity index (χ4v) is 9.28. The summed E-state index contributed by atoms with van der Waals surface area (Å²) in [4.78, 5) is 38.2. The van der Waals surface area contributed by atoms with Crippen LogP contribution in [-0.2, 0) is 28.6 Å². The minimum atomic E-state index is -0.762. The Balaban J connectivity index is 4.28. The van der Waals surface area contributed by atoms with E-state index >= 15 is 0 Å². The van der Waals surface area contributed by atoms with Crippen molar-refractivity contribution in [2.45, 2.75) is 348 Å². The third-order valence-corrected chi connectivity index (χ3v) is 13.8. The molecule has 0 fully saturated rings. The number of hydrogen-bond acceptors (Lipinski definition) is 6. The zero-order valence-electron chi connectivity index (χ0n) is 45.2. The van der Waals surface area contributed by atoms with E-state index in [1.54, 1.807) is 0 Å². The fourth-order valence-electron chi connectivity index (χ4n) is 9.28. The molecule has 0 radical (unpaired) electrons. The van der Waals surface area contributed by atoms with Crippen LogP contribution in [0.3, 0.4) is 0 Å². The van der Waals surface area contributed by atoms with Gasteiger partial charge in [-0.2, -0.15) is 0 Å². The summed E-state index contributed by atoms with van der Waals surface area (Å²) < 4.78 is 16.9. The lowest BCUT2D eigenvalue weighted by atomic mass is 10.0. The van der Waals surface area contributed by atoms with Gasteiger partial charge in [0.1, 0.15) is 13.2 Å². The number of carbonyl (C=O) groups is 3. The number of esters is 3. The SMILES string of the molecule is CCCCCCCCCCCCCCCCCCCCCC(=O)O[C@@H](COC(=O)CCCCCCCCCCCCCCCCCC)COC(=O)CCCCCCCCCCCCC(C)C. The van der Waals surface area contributed by atoms with Crippen LogP contribution in [0.15, 0.2) is 0 Å². The van der Waals surface area contributed by atoms with Gasteiger partial charge in [-0.3, -0.25) is 14.4 Å². The second-order valence-electron chi connectivity index (χ2n) is 21.1. The lowest BCUT2D eigenvalue weighted by molar-refractivity contribution is -0.167. The van der Waals surface area contributed by atoms with Gasteiger partial charge in [0.15, 0.2) is 6.10 Å². The molecule has 0 aromatic heterocycles. The molecule has 0 spiro atoms. The summed E-state index contributed by atoms with van der Waals surface area (Å²) in [6.07, 6.45) is 59.6. The van der Waals surface area contributed by atoms with Crippen LogP contribution in [0.1, 0.15) is 342 Å². The number of hydrogen-bond donors (Lipinski definition) is 0. The molecule has 0 rings (SSSR count). The average Bonchev–Trinajstić information content (AvgIpc) is 3.30. The molecular weight excluding hydrogens is 817 g/mol. The Morgan fingerprint density at radius 3 is 0.742 bits per heavy atom. The second-order valence-corrected chi connectivity index (χ2v) is 21.1. The Bertz CT molecular complexity index is 996. The first kappa shape index (κ1) is 64.4. The van der Waals surface area contributed by atoms with Gasteiger partial charge in [0.2, 0.25) is 0 Å². The number of rotatable bonds is 55. The van der Waals surface area contributed by atoms with Crippen LogP contribution in [0.2, 0.25) is 0 Å². The van der Waals surface area contributed by atoms with E-state index in [2.05, 4.69) is 27.7 Å². The van der Waals surface area contributed by atoms with Gasteiger partial charge < -0.3 is 14.2 Å². The molecule has 66 heavy (non-hydrogen) atoms. The molecule has 0 saturated carbocycles. The molecule has 0 aromatic rings. The highest BCUT2D eigenvalue weighted by Gasteiger charge is 2.19. The predicted octanol–water partition coefficient (Wildman–Crippen LogP) is 19.8. The van der Waals surface area contributed by atoms with Crippen molar-refractivity contribution in [2.75, 3.05) is 13.2 Å². The molecular formula is C60H116O6. The standard InChI is InChI=1S/C60H116O6/c1-5-7-9-11-13-15-17-19-21-23-24-25-27-29-31-37-41-45-49-53-60(63)66-57(55-65-59(62)52-48-44-40-36-33-32-34-38-42-46-50-56(3)4)54-64-58(61)51-47-43-39-35-30-28-26-22-20-18-16-14-12-10-8-6-2/h56-57H,5-55H2,1-4H3/t57-/m0/s1. The van der Waals surface area contributed by atoms with Crippen LogP contribution in [-0.4, -0.2) is 37.2 Å². The summed E-state index contributed by atoms with van der Waals surface area (Å²) in [5.74, 6) is -0.0157. The largest absolute Gasteiger partial charge is 0.462 e. The zero-order valence-corrected chi connectivity index (χ0v) is 45.2. The first-order valence-electron chi connectivity index (χ1n) is 29.9. The fraction of sp³-hybridized carbons (Fsp3) is 0.950. The molecule has 0 amide bonds. The molecule has 6 nitrogen and oxygen atoms in total. The lowest BCUT2D eigenvalue weighted by Gasteiger charge is -2.18. The molecule has 392 valence electrons. The van der Waals surface area contributed by atoms with Gasteiger partial charge >= 0.3 is 17.9 Å². The van der Waals surface area contributed by atoms with Gasteiger partial charge in [-0.05, 0) is 25.2 Å². The Morgan fingerprint density at radius 1 is 0.288 bits per heavy atom. The highest BCUT2D eigenvalue weighted by atomic mass is 16.6. The van der Waals surface area contributed by atoms with Crippen molar-refractivity contribution in [2.24, 2.45) is 5.92 Å². The summed E-state index contributed by atoms with van der Waals surface area (Å²) >= 11 is 0.